The Morgan fingerprint density at radius 3 is 2.61 bits per heavy atom. The van der Waals surface area contributed by atoms with E-state index in [-0.39, 0.29) is 5.92 Å². The molecule has 0 unspecified atom stereocenters. The molecule has 1 saturated heterocycles. The van der Waals surface area contributed by atoms with Gasteiger partial charge in [-0.1, -0.05) is 0 Å². The molecular weight excluding hydrogens is 248 g/mol. The zero-order chi connectivity index (χ0) is 13.3. The molecule has 0 aliphatic carbocycles. The van der Waals surface area contributed by atoms with E-state index >= 15 is 0 Å². The van der Waals surface area contributed by atoms with Crippen LogP contribution in [0.3, 0.4) is 0 Å². The zero-order valence-corrected chi connectivity index (χ0v) is 9.07. The molecule has 1 fully saturated rings. The molecule has 96 valence electrons. The van der Waals surface area contributed by atoms with Gasteiger partial charge in [0.15, 0.2) is 11.5 Å². The van der Waals surface area contributed by atoms with Crippen molar-refractivity contribution >= 4 is 17.3 Å². The van der Waals surface area contributed by atoms with Gasteiger partial charge in [0.05, 0.1) is 16.9 Å². The molecule has 0 radical (unpaired) electrons. The third kappa shape index (κ3) is 2.28. The average molecular weight is 257 g/mol. The fourth-order valence-corrected chi connectivity index (χ4v) is 1.53. The van der Waals surface area contributed by atoms with Gasteiger partial charge in [-0.15, -0.1) is 0 Å². The first-order valence-electron chi connectivity index (χ1n) is 5.14. The summed E-state index contributed by atoms with van der Waals surface area (Å²) in [6.07, 6.45) is 0. The van der Waals surface area contributed by atoms with Gasteiger partial charge in [0, 0.05) is 19.2 Å². The summed E-state index contributed by atoms with van der Waals surface area (Å²) in [5.41, 5.74) is -1.40. The van der Waals surface area contributed by atoms with Gasteiger partial charge in [-0.25, -0.2) is 8.78 Å². The number of benzene rings is 1. The quantitative estimate of drug-likeness (QED) is 0.625. The van der Waals surface area contributed by atoms with Crippen LogP contribution in [0.1, 0.15) is 0 Å². The SMILES string of the molecule is O=C(Nc1c(F)cc(F)cc1[N+](=O)[O-])C1CNC1. The summed E-state index contributed by atoms with van der Waals surface area (Å²) < 4.78 is 26.3. The van der Waals surface area contributed by atoms with E-state index in [0.717, 1.165) is 0 Å². The molecule has 8 heteroatoms. The van der Waals surface area contributed by atoms with Gasteiger partial charge in [-0.05, 0) is 0 Å². The molecule has 0 aromatic heterocycles. The number of nitrogens with zero attached hydrogens (tertiary/aromatic N) is 1. The predicted molar refractivity (Wildman–Crippen MR) is 58.0 cm³/mol. The minimum atomic E-state index is -1.16. The lowest BCUT2D eigenvalue weighted by molar-refractivity contribution is -0.384. The zero-order valence-electron chi connectivity index (χ0n) is 9.07. The van der Waals surface area contributed by atoms with Gasteiger partial charge in [-0.3, -0.25) is 14.9 Å². The first-order valence-corrected chi connectivity index (χ1v) is 5.14. The number of rotatable bonds is 3. The first-order chi connectivity index (χ1) is 8.49. The summed E-state index contributed by atoms with van der Waals surface area (Å²) in [6.45, 7) is 0.866. The van der Waals surface area contributed by atoms with Crippen molar-refractivity contribution in [1.29, 1.82) is 0 Å². The Labute approximate surface area is 100 Å². The Balaban J connectivity index is 2.30. The molecule has 1 aromatic carbocycles. The number of nitro benzene ring substituents is 1. The molecule has 18 heavy (non-hydrogen) atoms. The molecule has 0 bridgehead atoms. The van der Waals surface area contributed by atoms with Gasteiger partial charge in [0.1, 0.15) is 5.82 Å². The van der Waals surface area contributed by atoms with Gasteiger partial charge in [-0.2, -0.15) is 0 Å². The van der Waals surface area contributed by atoms with Crippen LogP contribution in [0.2, 0.25) is 0 Å². The molecule has 1 aromatic rings. The number of hydrogen-bond acceptors (Lipinski definition) is 4. The molecule has 0 saturated carbocycles. The number of halogens is 2. The fraction of sp³-hybridized carbons (Fsp3) is 0.300. The number of nitrogens with one attached hydrogen (secondary N) is 2. The fourth-order valence-electron chi connectivity index (χ4n) is 1.53. The lowest BCUT2D eigenvalue weighted by Gasteiger charge is -2.25. The van der Waals surface area contributed by atoms with Gasteiger partial charge in [0.2, 0.25) is 5.91 Å². The molecule has 2 N–H and O–H groups in total. The summed E-state index contributed by atoms with van der Waals surface area (Å²) in [5, 5.41) is 15.6. The van der Waals surface area contributed by atoms with E-state index in [0.29, 0.717) is 25.2 Å². The second kappa shape index (κ2) is 4.65. The number of hydrogen-bond donors (Lipinski definition) is 2. The van der Waals surface area contributed by atoms with E-state index in [9.17, 15) is 23.7 Å². The van der Waals surface area contributed by atoms with E-state index in [4.69, 9.17) is 0 Å². The number of carbonyl (C=O) groups excluding carboxylic acids is 1. The maximum absolute atomic E-state index is 13.4. The van der Waals surface area contributed by atoms with Crippen molar-refractivity contribution in [3.8, 4) is 0 Å². The minimum Gasteiger partial charge on any atom is -0.318 e. The topological polar surface area (TPSA) is 84.3 Å². The number of carbonyl (C=O) groups is 1. The molecule has 1 heterocycles. The van der Waals surface area contributed by atoms with Crippen molar-refractivity contribution in [1.82, 2.24) is 5.32 Å². The van der Waals surface area contributed by atoms with Crippen LogP contribution in [-0.4, -0.2) is 23.9 Å². The van der Waals surface area contributed by atoms with E-state index < -0.39 is 33.8 Å². The third-order valence-corrected chi connectivity index (χ3v) is 2.63. The molecule has 1 aliphatic heterocycles. The molecular formula is C10H9F2N3O3. The largest absolute Gasteiger partial charge is 0.318 e. The second-order valence-electron chi connectivity index (χ2n) is 3.88. The highest BCUT2D eigenvalue weighted by molar-refractivity contribution is 5.95. The van der Waals surface area contributed by atoms with Crippen LogP contribution in [0.5, 0.6) is 0 Å². The molecule has 2 rings (SSSR count). The predicted octanol–water partition coefficient (Wildman–Crippen LogP) is 1.03. The number of anilines is 1. The normalized spacial score (nSPS) is 15.0. The van der Waals surface area contributed by atoms with Crippen molar-refractivity contribution in [2.75, 3.05) is 18.4 Å². The van der Waals surface area contributed by atoms with Gasteiger partial charge >= 0.3 is 0 Å². The summed E-state index contributed by atoms with van der Waals surface area (Å²) in [4.78, 5) is 21.3. The van der Waals surface area contributed by atoms with Crippen molar-refractivity contribution in [3.63, 3.8) is 0 Å². The monoisotopic (exact) mass is 257 g/mol. The Hall–Kier alpha value is -2.09. The molecule has 0 atom stereocenters. The first kappa shape index (κ1) is 12.4. The van der Waals surface area contributed by atoms with E-state index in [1.165, 1.54) is 0 Å². The van der Waals surface area contributed by atoms with Crippen LogP contribution in [0, 0.1) is 27.7 Å². The van der Waals surface area contributed by atoms with Crippen LogP contribution in [0.15, 0.2) is 12.1 Å². The van der Waals surface area contributed by atoms with Crippen LogP contribution in [0.25, 0.3) is 0 Å². The second-order valence-corrected chi connectivity index (χ2v) is 3.88. The average Bonchev–Trinajstić information content (AvgIpc) is 2.18. The minimum absolute atomic E-state index is 0.353. The Morgan fingerprint density at radius 2 is 2.11 bits per heavy atom. The molecule has 6 nitrogen and oxygen atoms in total. The Bertz CT molecular complexity index is 517. The lowest BCUT2D eigenvalue weighted by atomic mass is 10.0. The molecule has 1 amide bonds. The molecule has 0 spiro atoms. The highest BCUT2D eigenvalue weighted by Crippen LogP contribution is 2.29. The smallest absolute Gasteiger partial charge is 0.298 e. The number of amides is 1. The Morgan fingerprint density at radius 1 is 1.44 bits per heavy atom. The highest BCUT2D eigenvalue weighted by Gasteiger charge is 2.28. The summed E-state index contributed by atoms with van der Waals surface area (Å²) in [7, 11) is 0. The van der Waals surface area contributed by atoms with Crippen molar-refractivity contribution < 1.29 is 18.5 Å². The third-order valence-electron chi connectivity index (χ3n) is 2.63. The van der Waals surface area contributed by atoms with Gasteiger partial charge < -0.3 is 10.6 Å². The summed E-state index contributed by atoms with van der Waals surface area (Å²) in [6, 6.07) is 1.05. The van der Waals surface area contributed by atoms with Gasteiger partial charge in [0.25, 0.3) is 5.69 Å². The van der Waals surface area contributed by atoms with E-state index in [2.05, 4.69) is 10.6 Å². The number of nitro groups is 1. The molecule has 1 aliphatic rings. The Kier molecular flexibility index (Phi) is 3.19. The van der Waals surface area contributed by atoms with Crippen molar-refractivity contribution in [2.45, 2.75) is 0 Å². The maximum Gasteiger partial charge on any atom is 0.298 e. The van der Waals surface area contributed by atoms with Crippen LogP contribution in [-0.2, 0) is 4.79 Å². The summed E-state index contributed by atoms with van der Waals surface area (Å²) in [5.74, 6) is -3.11. The maximum atomic E-state index is 13.4. The highest BCUT2D eigenvalue weighted by atomic mass is 19.1. The van der Waals surface area contributed by atoms with Crippen LogP contribution < -0.4 is 10.6 Å². The van der Waals surface area contributed by atoms with Crippen molar-refractivity contribution in [3.05, 3.63) is 33.9 Å². The van der Waals surface area contributed by atoms with E-state index in [1.54, 1.807) is 0 Å². The van der Waals surface area contributed by atoms with E-state index in [1.807, 2.05) is 0 Å². The summed E-state index contributed by atoms with van der Waals surface area (Å²) >= 11 is 0. The lowest BCUT2D eigenvalue weighted by Crippen LogP contribution is -2.48. The van der Waals surface area contributed by atoms with Crippen LogP contribution >= 0.6 is 0 Å². The standard InChI is InChI=1S/C10H9F2N3O3/c11-6-1-7(12)9(8(2-6)15(17)18)14-10(16)5-3-13-4-5/h1-2,5,13H,3-4H2,(H,14,16). The van der Waals surface area contributed by atoms with Crippen molar-refractivity contribution in [2.24, 2.45) is 5.92 Å². The van der Waals surface area contributed by atoms with Crippen LogP contribution in [0.4, 0.5) is 20.2 Å².